The van der Waals surface area contributed by atoms with Crippen molar-refractivity contribution >= 4 is 17.8 Å². The maximum absolute atomic E-state index is 13.2. The minimum Gasteiger partial charge on any atom is -0.446 e. The number of nitrogens with two attached hydrogens (primary N) is 1. The van der Waals surface area contributed by atoms with Gasteiger partial charge in [-0.25, -0.2) is 9.78 Å². The van der Waals surface area contributed by atoms with E-state index in [-0.39, 0.29) is 41.4 Å². The number of ether oxygens (including phenoxy) is 1. The summed E-state index contributed by atoms with van der Waals surface area (Å²) in [6, 6.07) is 6.03. The summed E-state index contributed by atoms with van der Waals surface area (Å²) in [5, 5.41) is 9.01. The van der Waals surface area contributed by atoms with Crippen LogP contribution in [0.5, 0.6) is 0 Å². The van der Waals surface area contributed by atoms with Crippen LogP contribution in [0.1, 0.15) is 44.1 Å². The van der Waals surface area contributed by atoms with Gasteiger partial charge in [-0.2, -0.15) is 5.26 Å². The van der Waals surface area contributed by atoms with E-state index in [0.29, 0.717) is 30.5 Å². The van der Waals surface area contributed by atoms with Crippen molar-refractivity contribution < 1.29 is 14.3 Å². The van der Waals surface area contributed by atoms with Gasteiger partial charge in [0.2, 0.25) is 5.91 Å². The number of nitriles is 1. The lowest BCUT2D eigenvalue weighted by Crippen LogP contribution is -2.59. The molecule has 6 aliphatic rings. The molecule has 8 heteroatoms. The van der Waals surface area contributed by atoms with Crippen LogP contribution in [0.15, 0.2) is 18.3 Å². The number of carbonyl (C=O) groups excluding carboxylic acids is 2. The maximum Gasteiger partial charge on any atom is 0.410 e. The summed E-state index contributed by atoms with van der Waals surface area (Å²) in [7, 11) is 0. The van der Waals surface area contributed by atoms with Crippen LogP contribution in [-0.4, -0.2) is 53.7 Å². The van der Waals surface area contributed by atoms with Crippen molar-refractivity contribution in [2.75, 3.05) is 24.5 Å². The zero-order valence-corrected chi connectivity index (χ0v) is 18.2. The number of aromatic nitrogens is 1. The van der Waals surface area contributed by atoms with Gasteiger partial charge in [0.05, 0.1) is 17.0 Å². The first-order chi connectivity index (χ1) is 15.5. The number of pyridine rings is 1. The van der Waals surface area contributed by atoms with Gasteiger partial charge in [-0.15, -0.1) is 0 Å². The van der Waals surface area contributed by atoms with Gasteiger partial charge in [-0.3, -0.25) is 4.79 Å². The number of hydrogen-bond donors (Lipinski definition) is 1. The highest BCUT2D eigenvalue weighted by molar-refractivity contribution is 5.81. The van der Waals surface area contributed by atoms with Crippen molar-refractivity contribution in [3.05, 3.63) is 23.9 Å². The van der Waals surface area contributed by atoms with Crippen LogP contribution in [-0.2, 0) is 9.53 Å². The van der Waals surface area contributed by atoms with E-state index < -0.39 is 0 Å². The lowest BCUT2D eigenvalue weighted by atomic mass is 9.48. The maximum atomic E-state index is 13.2. The van der Waals surface area contributed by atoms with E-state index >= 15 is 0 Å². The van der Waals surface area contributed by atoms with Crippen molar-refractivity contribution in [3.63, 3.8) is 0 Å². The molecule has 1 aromatic heterocycles. The second kappa shape index (κ2) is 7.09. The van der Waals surface area contributed by atoms with E-state index in [4.69, 9.17) is 15.7 Å². The first kappa shape index (κ1) is 19.8. The molecular weight excluding hydrogens is 406 g/mol. The summed E-state index contributed by atoms with van der Waals surface area (Å²) in [6.45, 7) is 2.27. The van der Waals surface area contributed by atoms with Crippen LogP contribution in [0.2, 0.25) is 0 Å². The van der Waals surface area contributed by atoms with Crippen LogP contribution in [0.4, 0.5) is 10.6 Å². The molecule has 4 saturated carbocycles. The Bertz CT molecular complexity index is 972. The van der Waals surface area contributed by atoms with E-state index in [1.807, 2.05) is 11.0 Å². The van der Waals surface area contributed by atoms with Crippen molar-refractivity contribution in [1.82, 2.24) is 9.88 Å². The van der Waals surface area contributed by atoms with Gasteiger partial charge >= 0.3 is 6.09 Å². The first-order valence-electron chi connectivity index (χ1n) is 11.8. The predicted molar refractivity (Wildman–Crippen MR) is 115 cm³/mol. The lowest BCUT2D eigenvalue weighted by molar-refractivity contribution is -0.161. The van der Waals surface area contributed by atoms with Gasteiger partial charge in [-0.1, -0.05) is 0 Å². The number of carbonyl (C=O) groups is 2. The molecule has 8 nitrogen and oxygen atoms in total. The van der Waals surface area contributed by atoms with Crippen LogP contribution in [0.3, 0.4) is 0 Å². The average Bonchev–Trinajstić information content (AvgIpc) is 3.37. The van der Waals surface area contributed by atoms with E-state index in [1.54, 1.807) is 12.3 Å². The molecule has 0 radical (unpaired) electrons. The summed E-state index contributed by atoms with van der Waals surface area (Å²) in [4.78, 5) is 33.9. The normalized spacial score (nSPS) is 39.1. The van der Waals surface area contributed by atoms with Crippen LogP contribution >= 0.6 is 0 Å². The van der Waals surface area contributed by atoms with E-state index in [9.17, 15) is 9.59 Å². The summed E-state index contributed by atoms with van der Waals surface area (Å²) < 4.78 is 6.14. The molecule has 6 fully saturated rings. The Balaban J connectivity index is 1.12. The topological polar surface area (TPSA) is 113 Å². The van der Waals surface area contributed by atoms with Gasteiger partial charge in [-0.05, 0) is 68.4 Å². The third kappa shape index (κ3) is 2.97. The summed E-state index contributed by atoms with van der Waals surface area (Å²) in [5.74, 6) is 2.19. The van der Waals surface area contributed by atoms with E-state index in [0.717, 1.165) is 50.9 Å². The monoisotopic (exact) mass is 435 g/mol. The van der Waals surface area contributed by atoms with Crippen LogP contribution in [0.25, 0.3) is 0 Å². The molecule has 168 valence electrons. The van der Waals surface area contributed by atoms with E-state index in [2.05, 4.69) is 16.0 Å². The molecule has 0 spiro atoms. The molecule has 3 heterocycles. The molecule has 2 amide bonds. The average molecular weight is 436 g/mol. The molecule has 7 rings (SSSR count). The number of fused-ring (bicyclic) bond motifs is 1. The lowest BCUT2D eigenvalue weighted by Gasteiger charge is -2.58. The first-order valence-corrected chi connectivity index (χ1v) is 11.8. The van der Waals surface area contributed by atoms with Gasteiger partial charge in [0, 0.05) is 31.7 Å². The highest BCUT2D eigenvalue weighted by Gasteiger charge is 2.59. The SMILES string of the molecule is N#Cc1ccc(N2CCC3CN(C(=O)OC4C5CC6CC4CC(C(N)=O)(C6)C5)CC32)nc1. The molecule has 4 bridgehead atoms. The second-order valence-corrected chi connectivity index (χ2v) is 10.7. The van der Waals surface area contributed by atoms with Crippen LogP contribution < -0.4 is 10.6 Å². The molecule has 0 aromatic carbocycles. The third-order valence-electron chi connectivity index (χ3n) is 8.92. The summed E-state index contributed by atoms with van der Waals surface area (Å²) >= 11 is 0. The number of hydrogen-bond acceptors (Lipinski definition) is 6. The summed E-state index contributed by atoms with van der Waals surface area (Å²) in [6.07, 6.45) is 6.90. The van der Waals surface area contributed by atoms with Crippen molar-refractivity contribution in [2.45, 2.75) is 50.7 Å². The molecule has 2 aliphatic heterocycles. The fraction of sp³-hybridized carbons (Fsp3) is 0.667. The van der Waals surface area contributed by atoms with Gasteiger partial charge in [0.15, 0.2) is 0 Å². The quantitative estimate of drug-likeness (QED) is 0.779. The zero-order valence-electron chi connectivity index (χ0n) is 18.2. The Morgan fingerprint density at radius 3 is 2.59 bits per heavy atom. The fourth-order valence-electron chi connectivity index (χ4n) is 7.68. The molecule has 4 aliphatic carbocycles. The van der Waals surface area contributed by atoms with Crippen LogP contribution in [0, 0.1) is 40.4 Å². The smallest absolute Gasteiger partial charge is 0.410 e. The molecule has 4 unspecified atom stereocenters. The predicted octanol–water partition coefficient (Wildman–Crippen LogP) is 2.28. The largest absolute Gasteiger partial charge is 0.446 e. The molecule has 2 N–H and O–H groups in total. The number of primary amides is 1. The van der Waals surface area contributed by atoms with Gasteiger partial charge in [0.1, 0.15) is 18.0 Å². The molecule has 1 aromatic rings. The Kier molecular flexibility index (Phi) is 4.40. The minimum atomic E-state index is -0.362. The highest BCUT2D eigenvalue weighted by Crippen LogP contribution is 2.60. The second-order valence-electron chi connectivity index (χ2n) is 10.7. The fourth-order valence-corrected chi connectivity index (χ4v) is 7.68. The Labute approximate surface area is 187 Å². The minimum absolute atomic E-state index is 0.0803. The molecular formula is C24H29N5O3. The number of anilines is 1. The molecule has 32 heavy (non-hydrogen) atoms. The van der Waals surface area contributed by atoms with E-state index in [1.165, 1.54) is 0 Å². The number of rotatable bonds is 3. The summed E-state index contributed by atoms with van der Waals surface area (Å²) in [5.41, 5.74) is 5.98. The number of nitrogens with zero attached hydrogens (tertiary/aromatic N) is 4. The van der Waals surface area contributed by atoms with Gasteiger partial charge in [0.25, 0.3) is 0 Å². The molecule has 4 atom stereocenters. The number of likely N-dealkylation sites (tertiary alicyclic amines) is 1. The Hall–Kier alpha value is -2.82. The Morgan fingerprint density at radius 1 is 1.16 bits per heavy atom. The zero-order chi connectivity index (χ0) is 22.0. The molecule has 2 saturated heterocycles. The number of amides is 2. The standard InChI is InChI=1S/C24H29N5O3/c25-10-14-1-2-20(27-11-14)29-4-3-16-12-28(13-19(16)29)23(31)32-21-17-5-15-6-18(21)9-24(7-15,8-17)22(26)30/h1-2,11,15-19,21H,3-9,12-13H2,(H2,26,30). The Morgan fingerprint density at radius 2 is 1.94 bits per heavy atom. The highest BCUT2D eigenvalue weighted by atomic mass is 16.6. The third-order valence-corrected chi connectivity index (χ3v) is 8.92. The van der Waals surface area contributed by atoms with Crippen molar-refractivity contribution in [2.24, 2.45) is 34.8 Å². The van der Waals surface area contributed by atoms with Crippen molar-refractivity contribution in [1.29, 1.82) is 5.26 Å². The van der Waals surface area contributed by atoms with Crippen molar-refractivity contribution in [3.8, 4) is 6.07 Å². The van der Waals surface area contributed by atoms with Gasteiger partial charge < -0.3 is 20.3 Å².